The van der Waals surface area contributed by atoms with Crippen molar-refractivity contribution in [1.29, 1.82) is 0 Å². The van der Waals surface area contributed by atoms with E-state index >= 15 is 0 Å². The van der Waals surface area contributed by atoms with Gasteiger partial charge in [0.2, 0.25) is 0 Å². The summed E-state index contributed by atoms with van der Waals surface area (Å²) in [4.78, 5) is 7.74. The van der Waals surface area contributed by atoms with Crippen molar-refractivity contribution in [3.05, 3.63) is 45.6 Å². The second-order valence-corrected chi connectivity index (χ2v) is 8.03. The molecule has 0 atom stereocenters. The van der Waals surface area contributed by atoms with Gasteiger partial charge in [-0.3, -0.25) is 4.90 Å². The molecule has 5 nitrogen and oxygen atoms in total. The number of benzene rings is 1. The first kappa shape index (κ1) is 21.3. The summed E-state index contributed by atoms with van der Waals surface area (Å²) in [6.45, 7) is 4.14. The van der Waals surface area contributed by atoms with Crippen LogP contribution in [0.15, 0.2) is 24.3 Å². The minimum absolute atomic E-state index is 0.171. The maximum Gasteiger partial charge on any atom is 0.433 e. The lowest BCUT2D eigenvalue weighted by molar-refractivity contribution is -0.141. The molecule has 0 radical (unpaired) electrons. The van der Waals surface area contributed by atoms with Crippen LogP contribution in [-0.2, 0) is 12.7 Å². The molecule has 0 bridgehead atoms. The lowest BCUT2D eigenvalue weighted by atomic mass is 10.1. The van der Waals surface area contributed by atoms with Gasteiger partial charge in [0.15, 0.2) is 11.5 Å². The molecule has 1 aromatic heterocycles. The van der Waals surface area contributed by atoms with Crippen LogP contribution in [0.1, 0.15) is 17.7 Å². The molecule has 1 aromatic carbocycles. The molecule has 162 valence electrons. The zero-order valence-corrected chi connectivity index (χ0v) is 17.5. The Morgan fingerprint density at radius 1 is 0.967 bits per heavy atom. The van der Waals surface area contributed by atoms with Crippen molar-refractivity contribution >= 4 is 29.0 Å². The van der Waals surface area contributed by atoms with Gasteiger partial charge in [-0.1, -0.05) is 23.2 Å². The molecule has 0 amide bonds. The average molecular weight is 462 g/mol. The molecule has 2 aliphatic rings. The summed E-state index contributed by atoms with van der Waals surface area (Å²) in [6, 6.07) is 5.95. The lowest BCUT2D eigenvalue weighted by Crippen LogP contribution is -2.46. The molecular weight excluding hydrogens is 442 g/mol. The van der Waals surface area contributed by atoms with Crippen molar-refractivity contribution in [3.63, 3.8) is 0 Å². The van der Waals surface area contributed by atoms with Crippen LogP contribution in [0, 0.1) is 0 Å². The maximum absolute atomic E-state index is 13.0. The Morgan fingerprint density at radius 2 is 1.70 bits per heavy atom. The number of piperazine rings is 1. The average Bonchev–Trinajstić information content (AvgIpc) is 2.94. The second kappa shape index (κ2) is 8.69. The monoisotopic (exact) mass is 461 g/mol. The number of nitrogens with zero attached hydrogens (tertiary/aromatic N) is 3. The fraction of sp³-hybridized carbons (Fsp3) is 0.450. The van der Waals surface area contributed by atoms with Crippen LogP contribution in [0.3, 0.4) is 0 Å². The number of aromatic nitrogens is 1. The lowest BCUT2D eigenvalue weighted by Gasteiger charge is -2.36. The van der Waals surface area contributed by atoms with Crippen molar-refractivity contribution in [3.8, 4) is 11.5 Å². The van der Waals surface area contributed by atoms with Crippen LogP contribution in [-0.4, -0.2) is 49.3 Å². The molecular formula is C20H20Cl2F3N3O2. The highest BCUT2D eigenvalue weighted by Crippen LogP contribution is 2.38. The summed E-state index contributed by atoms with van der Waals surface area (Å²) >= 11 is 12.5. The number of alkyl halides is 3. The van der Waals surface area contributed by atoms with Gasteiger partial charge in [-0.15, -0.1) is 0 Å². The van der Waals surface area contributed by atoms with Gasteiger partial charge in [0.25, 0.3) is 0 Å². The minimum Gasteiger partial charge on any atom is -0.489 e. The molecule has 2 aliphatic heterocycles. The molecule has 0 spiro atoms. The zero-order chi connectivity index (χ0) is 21.3. The van der Waals surface area contributed by atoms with Crippen molar-refractivity contribution < 1.29 is 22.6 Å². The number of pyridine rings is 1. The summed E-state index contributed by atoms with van der Waals surface area (Å²) in [6.07, 6.45) is -3.70. The van der Waals surface area contributed by atoms with E-state index in [1.807, 2.05) is 12.1 Å². The Kier molecular flexibility index (Phi) is 6.18. The molecule has 1 saturated heterocycles. The van der Waals surface area contributed by atoms with E-state index in [2.05, 4.69) is 9.88 Å². The second-order valence-electron chi connectivity index (χ2n) is 7.22. The normalized spacial score (nSPS) is 17.7. The van der Waals surface area contributed by atoms with Crippen LogP contribution >= 0.6 is 23.2 Å². The highest BCUT2D eigenvalue weighted by atomic mass is 35.5. The maximum atomic E-state index is 13.0. The largest absolute Gasteiger partial charge is 0.489 e. The van der Waals surface area contributed by atoms with E-state index in [9.17, 15) is 13.2 Å². The number of anilines is 1. The number of fused-ring (bicyclic) bond motifs is 1. The molecule has 0 N–H and O–H groups in total. The molecule has 3 heterocycles. The van der Waals surface area contributed by atoms with Crippen LogP contribution in [0.5, 0.6) is 11.5 Å². The van der Waals surface area contributed by atoms with Gasteiger partial charge in [-0.05, 0) is 29.8 Å². The zero-order valence-electron chi connectivity index (χ0n) is 16.0. The van der Waals surface area contributed by atoms with Crippen LogP contribution in [0.2, 0.25) is 10.0 Å². The highest BCUT2D eigenvalue weighted by Gasteiger charge is 2.34. The van der Waals surface area contributed by atoms with E-state index in [1.165, 1.54) is 6.07 Å². The first-order chi connectivity index (χ1) is 14.3. The van der Waals surface area contributed by atoms with E-state index in [0.29, 0.717) is 62.5 Å². The Morgan fingerprint density at radius 3 is 2.43 bits per heavy atom. The summed E-state index contributed by atoms with van der Waals surface area (Å²) in [5.74, 6) is 1.39. The van der Waals surface area contributed by atoms with Crippen molar-refractivity contribution in [1.82, 2.24) is 9.88 Å². The third-order valence-corrected chi connectivity index (χ3v) is 5.63. The third-order valence-electron chi connectivity index (χ3n) is 5.06. The Labute approximate surface area is 182 Å². The molecule has 0 saturated carbocycles. The van der Waals surface area contributed by atoms with Crippen molar-refractivity contribution in [2.24, 2.45) is 0 Å². The fourth-order valence-corrected chi connectivity index (χ4v) is 4.08. The fourth-order valence-electron chi connectivity index (χ4n) is 3.56. The van der Waals surface area contributed by atoms with Crippen LogP contribution in [0.4, 0.5) is 19.0 Å². The van der Waals surface area contributed by atoms with Gasteiger partial charge in [-0.2, -0.15) is 13.2 Å². The summed E-state index contributed by atoms with van der Waals surface area (Å²) in [5, 5.41) is 0.731. The number of hydrogen-bond donors (Lipinski definition) is 0. The van der Waals surface area contributed by atoms with Gasteiger partial charge >= 0.3 is 6.18 Å². The van der Waals surface area contributed by atoms with E-state index in [0.717, 1.165) is 18.1 Å². The Bertz CT molecular complexity index is 919. The van der Waals surface area contributed by atoms with Gasteiger partial charge in [0.1, 0.15) is 11.5 Å². The summed E-state index contributed by atoms with van der Waals surface area (Å²) in [7, 11) is 0. The molecule has 10 heteroatoms. The topological polar surface area (TPSA) is 37.8 Å². The molecule has 2 aromatic rings. The van der Waals surface area contributed by atoms with Crippen LogP contribution in [0.25, 0.3) is 0 Å². The van der Waals surface area contributed by atoms with E-state index < -0.39 is 11.9 Å². The molecule has 0 aliphatic carbocycles. The number of rotatable bonds is 3. The van der Waals surface area contributed by atoms with Gasteiger partial charge in [-0.25, -0.2) is 4.98 Å². The van der Waals surface area contributed by atoms with Gasteiger partial charge < -0.3 is 14.4 Å². The summed E-state index contributed by atoms with van der Waals surface area (Å²) in [5.41, 5.74) is 0.0547. The number of ether oxygens (including phenoxy) is 2. The summed E-state index contributed by atoms with van der Waals surface area (Å²) < 4.78 is 50.4. The van der Waals surface area contributed by atoms with Crippen LogP contribution < -0.4 is 14.4 Å². The number of hydrogen-bond acceptors (Lipinski definition) is 5. The minimum atomic E-state index is -4.50. The first-order valence-electron chi connectivity index (χ1n) is 9.60. The predicted octanol–water partition coefficient (Wildman–Crippen LogP) is 4.89. The molecule has 0 unspecified atom stereocenters. The Balaban J connectivity index is 1.42. The molecule has 4 rings (SSSR count). The van der Waals surface area contributed by atoms with Crippen molar-refractivity contribution in [2.45, 2.75) is 19.1 Å². The smallest absolute Gasteiger partial charge is 0.433 e. The predicted molar refractivity (Wildman–Crippen MR) is 109 cm³/mol. The highest BCUT2D eigenvalue weighted by molar-refractivity contribution is 6.33. The van der Waals surface area contributed by atoms with E-state index in [4.69, 9.17) is 32.7 Å². The quantitative estimate of drug-likeness (QED) is 0.650. The SMILES string of the molecule is FC(F)(F)c1ccc(Cl)c(N2CCN(Cc3cc(Cl)c4c(c3)OCCCO4)CC2)n1. The molecule has 1 fully saturated rings. The van der Waals surface area contributed by atoms with E-state index in [-0.39, 0.29) is 10.8 Å². The van der Waals surface area contributed by atoms with E-state index in [1.54, 1.807) is 4.90 Å². The first-order valence-corrected chi connectivity index (χ1v) is 10.4. The molecule has 30 heavy (non-hydrogen) atoms. The third kappa shape index (κ3) is 4.71. The number of halogens is 5. The standard InChI is InChI=1S/C20H20Cl2F3N3O2/c21-14-2-3-17(20(23,24)25)26-19(14)28-6-4-27(5-7-28)12-13-10-15(22)18-16(11-13)29-8-1-9-30-18/h2-3,10-11H,1,4-9,12H2. The van der Waals surface area contributed by atoms with Crippen molar-refractivity contribution in [2.75, 3.05) is 44.3 Å². The van der Waals surface area contributed by atoms with Gasteiger partial charge in [0.05, 0.1) is 23.3 Å². The Hall–Kier alpha value is -1.90. The van der Waals surface area contributed by atoms with Gasteiger partial charge in [0, 0.05) is 39.1 Å².